The highest BCUT2D eigenvalue weighted by Crippen LogP contribution is 2.41. The molecule has 0 bridgehead atoms. The lowest BCUT2D eigenvalue weighted by atomic mass is 9.85. The van der Waals surface area contributed by atoms with Crippen LogP contribution < -0.4 is 5.32 Å². The van der Waals surface area contributed by atoms with E-state index in [-0.39, 0.29) is 5.41 Å². The summed E-state index contributed by atoms with van der Waals surface area (Å²) < 4.78 is 2.58. The van der Waals surface area contributed by atoms with E-state index in [1.165, 1.54) is 25.0 Å². The van der Waals surface area contributed by atoms with E-state index in [0.717, 1.165) is 13.1 Å². The molecule has 0 spiro atoms. The molecule has 1 aromatic carbocycles. The number of benzene rings is 1. The van der Waals surface area contributed by atoms with Crippen molar-refractivity contribution in [2.45, 2.75) is 39.7 Å². The zero-order chi connectivity index (χ0) is 13.3. The van der Waals surface area contributed by atoms with Crippen LogP contribution in [0, 0.1) is 0 Å². The zero-order valence-electron chi connectivity index (χ0n) is 11.4. The number of thiophene rings is 1. The number of fused-ring (bicyclic) bond motifs is 1. The first kappa shape index (κ1) is 14.0. The topological polar surface area (TPSA) is 12.0 Å². The fourth-order valence-corrected chi connectivity index (χ4v) is 4.31. The van der Waals surface area contributed by atoms with E-state index in [9.17, 15) is 0 Å². The van der Waals surface area contributed by atoms with Crippen molar-refractivity contribution in [2.75, 3.05) is 6.54 Å². The van der Waals surface area contributed by atoms with E-state index in [1.54, 1.807) is 0 Å². The van der Waals surface area contributed by atoms with Crippen molar-refractivity contribution >= 4 is 37.4 Å². The van der Waals surface area contributed by atoms with Gasteiger partial charge in [0.1, 0.15) is 0 Å². The van der Waals surface area contributed by atoms with Crippen LogP contribution in [0.3, 0.4) is 0 Å². The van der Waals surface area contributed by atoms with Crippen LogP contribution in [0.2, 0.25) is 0 Å². The lowest BCUT2D eigenvalue weighted by Crippen LogP contribution is -2.17. The normalized spacial score (nSPS) is 12.3. The van der Waals surface area contributed by atoms with Crippen LogP contribution in [0.15, 0.2) is 22.7 Å². The lowest BCUT2D eigenvalue weighted by Gasteiger charge is -2.20. The minimum absolute atomic E-state index is 0.184. The average molecular weight is 326 g/mol. The summed E-state index contributed by atoms with van der Waals surface area (Å²) in [6.45, 7) is 11.0. The van der Waals surface area contributed by atoms with Gasteiger partial charge in [-0.3, -0.25) is 0 Å². The molecule has 0 aliphatic carbocycles. The molecule has 3 heteroatoms. The predicted molar refractivity (Wildman–Crippen MR) is 85.6 cm³/mol. The van der Waals surface area contributed by atoms with Crippen LogP contribution in [0.1, 0.15) is 38.1 Å². The molecule has 0 unspecified atom stereocenters. The molecule has 2 aromatic rings. The number of hydrogen-bond acceptors (Lipinski definition) is 2. The molecule has 0 aliphatic heterocycles. The summed E-state index contributed by atoms with van der Waals surface area (Å²) >= 11 is 5.58. The maximum Gasteiger partial charge on any atom is 0.0491 e. The highest BCUT2D eigenvalue weighted by Gasteiger charge is 2.23. The molecule has 0 atom stereocenters. The molecular formula is C15H20BrNS. The van der Waals surface area contributed by atoms with Gasteiger partial charge in [0.15, 0.2) is 0 Å². The van der Waals surface area contributed by atoms with Crippen molar-refractivity contribution in [3.05, 3.63) is 33.1 Å². The maximum atomic E-state index is 3.67. The number of nitrogens with one attached hydrogen (secondary N) is 1. The maximum absolute atomic E-state index is 3.67. The average Bonchev–Trinajstić information content (AvgIpc) is 2.66. The molecule has 0 amide bonds. The molecular weight excluding hydrogens is 306 g/mol. The van der Waals surface area contributed by atoms with Crippen molar-refractivity contribution in [1.82, 2.24) is 5.32 Å². The van der Waals surface area contributed by atoms with Crippen molar-refractivity contribution in [2.24, 2.45) is 0 Å². The summed E-state index contributed by atoms with van der Waals surface area (Å²) in [4.78, 5) is 1.46. The quantitative estimate of drug-likeness (QED) is 0.830. The van der Waals surface area contributed by atoms with Crippen molar-refractivity contribution in [3.63, 3.8) is 0 Å². The Balaban J connectivity index is 2.65. The molecule has 0 saturated heterocycles. The second-order valence-corrected chi connectivity index (χ2v) is 7.51. The van der Waals surface area contributed by atoms with E-state index in [4.69, 9.17) is 0 Å². The van der Waals surface area contributed by atoms with E-state index in [2.05, 4.69) is 67.1 Å². The van der Waals surface area contributed by atoms with Gasteiger partial charge in [0.25, 0.3) is 0 Å². The van der Waals surface area contributed by atoms with Crippen LogP contribution in [0.25, 0.3) is 10.1 Å². The number of halogens is 1. The predicted octanol–water partition coefficient (Wildman–Crippen LogP) is 5.07. The zero-order valence-corrected chi connectivity index (χ0v) is 13.8. The summed E-state index contributed by atoms with van der Waals surface area (Å²) in [5.74, 6) is 0. The SMILES string of the molecule is CCNCc1sc2c(Br)cccc2c1C(C)(C)C. The molecule has 0 saturated carbocycles. The Labute approximate surface area is 122 Å². The first-order chi connectivity index (χ1) is 8.45. The summed E-state index contributed by atoms with van der Waals surface area (Å²) in [6.07, 6.45) is 0. The van der Waals surface area contributed by atoms with Crippen LogP contribution in [-0.2, 0) is 12.0 Å². The summed E-state index contributed by atoms with van der Waals surface area (Å²) in [7, 11) is 0. The monoisotopic (exact) mass is 325 g/mol. The molecule has 0 radical (unpaired) electrons. The Hall–Kier alpha value is -0.380. The fraction of sp³-hybridized carbons (Fsp3) is 0.467. The van der Waals surface area contributed by atoms with Gasteiger partial charge in [-0.25, -0.2) is 0 Å². The molecule has 98 valence electrons. The van der Waals surface area contributed by atoms with Gasteiger partial charge >= 0.3 is 0 Å². The first-order valence-electron chi connectivity index (χ1n) is 6.36. The smallest absolute Gasteiger partial charge is 0.0491 e. The van der Waals surface area contributed by atoms with Gasteiger partial charge in [-0.2, -0.15) is 0 Å². The second-order valence-electron chi connectivity index (χ2n) is 5.55. The van der Waals surface area contributed by atoms with Gasteiger partial charge in [0.05, 0.1) is 0 Å². The summed E-state index contributed by atoms with van der Waals surface area (Å²) in [5, 5.41) is 4.85. The molecule has 0 fully saturated rings. The summed E-state index contributed by atoms with van der Waals surface area (Å²) in [6, 6.07) is 6.50. The molecule has 1 aromatic heterocycles. The molecule has 1 N–H and O–H groups in total. The molecule has 1 nitrogen and oxygen atoms in total. The number of rotatable bonds is 3. The number of hydrogen-bond donors (Lipinski definition) is 1. The van der Waals surface area contributed by atoms with Gasteiger partial charge in [0, 0.05) is 20.6 Å². The van der Waals surface area contributed by atoms with E-state index < -0.39 is 0 Å². The highest BCUT2D eigenvalue weighted by molar-refractivity contribution is 9.10. The van der Waals surface area contributed by atoms with Crippen molar-refractivity contribution in [3.8, 4) is 0 Å². The lowest BCUT2D eigenvalue weighted by molar-refractivity contribution is 0.585. The van der Waals surface area contributed by atoms with Gasteiger partial charge in [-0.15, -0.1) is 11.3 Å². The molecule has 0 aliphatic rings. The van der Waals surface area contributed by atoms with Gasteiger partial charge in [-0.1, -0.05) is 39.8 Å². The fourth-order valence-electron chi connectivity index (χ4n) is 2.32. The Bertz CT molecular complexity index is 551. The van der Waals surface area contributed by atoms with Crippen LogP contribution in [-0.4, -0.2) is 6.54 Å². The third-order valence-electron chi connectivity index (χ3n) is 3.03. The minimum atomic E-state index is 0.184. The van der Waals surface area contributed by atoms with Gasteiger partial charge < -0.3 is 5.32 Å². The van der Waals surface area contributed by atoms with Crippen molar-refractivity contribution < 1.29 is 0 Å². The molecule has 18 heavy (non-hydrogen) atoms. The third-order valence-corrected chi connectivity index (χ3v) is 5.19. The second kappa shape index (κ2) is 5.32. The van der Waals surface area contributed by atoms with Crippen LogP contribution in [0.4, 0.5) is 0 Å². The minimum Gasteiger partial charge on any atom is -0.312 e. The van der Waals surface area contributed by atoms with Gasteiger partial charge in [-0.05, 0) is 44.9 Å². The van der Waals surface area contributed by atoms with E-state index >= 15 is 0 Å². The third kappa shape index (κ3) is 2.63. The Morgan fingerprint density at radius 3 is 2.61 bits per heavy atom. The largest absolute Gasteiger partial charge is 0.312 e. The Morgan fingerprint density at radius 1 is 1.28 bits per heavy atom. The standard InChI is InChI=1S/C15H20BrNS/c1-5-17-9-12-13(15(2,3)4)10-7-6-8-11(16)14(10)18-12/h6-8,17H,5,9H2,1-4H3. The van der Waals surface area contributed by atoms with E-state index in [0.29, 0.717) is 0 Å². The molecule has 2 rings (SSSR count). The van der Waals surface area contributed by atoms with Crippen LogP contribution >= 0.6 is 27.3 Å². The van der Waals surface area contributed by atoms with E-state index in [1.807, 2.05) is 11.3 Å². The molecule has 1 heterocycles. The highest BCUT2D eigenvalue weighted by atomic mass is 79.9. The first-order valence-corrected chi connectivity index (χ1v) is 7.97. The Morgan fingerprint density at radius 2 is 2.00 bits per heavy atom. The Kier molecular flexibility index (Phi) is 4.15. The van der Waals surface area contributed by atoms with Crippen molar-refractivity contribution in [1.29, 1.82) is 0 Å². The van der Waals surface area contributed by atoms with Crippen LogP contribution in [0.5, 0.6) is 0 Å². The van der Waals surface area contributed by atoms with Gasteiger partial charge in [0.2, 0.25) is 0 Å². The summed E-state index contributed by atoms with van der Waals surface area (Å²) in [5.41, 5.74) is 1.67.